The molecule has 0 bridgehead atoms. The van der Waals surface area contributed by atoms with Gasteiger partial charge in [-0.15, -0.1) is 0 Å². The lowest BCUT2D eigenvalue weighted by Gasteiger charge is -2.11. The molecule has 0 aromatic carbocycles. The normalized spacial score (nSPS) is 17.1. The molecule has 0 aliphatic carbocycles. The molecule has 0 unspecified atom stereocenters. The van der Waals surface area contributed by atoms with Crippen molar-refractivity contribution in [1.29, 1.82) is 0 Å². The van der Waals surface area contributed by atoms with E-state index in [1.165, 1.54) is 25.9 Å². The van der Waals surface area contributed by atoms with E-state index in [1.807, 2.05) is 11.8 Å². The highest BCUT2D eigenvalue weighted by Gasteiger charge is 2.13. The van der Waals surface area contributed by atoms with Crippen LogP contribution in [0.25, 0.3) is 0 Å². The average Bonchev–Trinajstić information content (AvgIpc) is 2.91. The zero-order valence-corrected chi connectivity index (χ0v) is 10.5. The zero-order valence-electron chi connectivity index (χ0n) is 9.65. The second-order valence-corrected chi connectivity index (χ2v) is 5.30. The second kappa shape index (κ2) is 6.33. The number of likely N-dealkylation sites (tertiary alicyclic amines) is 1. The number of nitrogens with two attached hydrogens (primary N) is 1. The van der Waals surface area contributed by atoms with E-state index < -0.39 is 0 Å². The molecule has 1 fully saturated rings. The van der Waals surface area contributed by atoms with E-state index in [4.69, 9.17) is 10.2 Å². The number of furan rings is 1. The second-order valence-electron chi connectivity index (χ2n) is 4.19. The van der Waals surface area contributed by atoms with Crippen LogP contribution in [-0.4, -0.2) is 30.3 Å². The van der Waals surface area contributed by atoms with Gasteiger partial charge < -0.3 is 10.2 Å². The summed E-state index contributed by atoms with van der Waals surface area (Å²) in [6.07, 6.45) is 2.67. The first kappa shape index (κ1) is 12.0. The molecule has 0 amide bonds. The molecular formula is C12H20N2OS. The minimum Gasteiger partial charge on any atom is -0.464 e. The summed E-state index contributed by atoms with van der Waals surface area (Å²) in [6, 6.07) is 4.20. The van der Waals surface area contributed by atoms with Crippen LogP contribution >= 0.6 is 11.8 Å². The third-order valence-corrected chi connectivity index (χ3v) is 3.81. The summed E-state index contributed by atoms with van der Waals surface area (Å²) >= 11 is 1.83. The average molecular weight is 240 g/mol. The highest BCUT2D eigenvalue weighted by Crippen LogP contribution is 2.18. The van der Waals surface area contributed by atoms with E-state index in [1.54, 1.807) is 0 Å². The molecule has 2 N–H and O–H groups in total. The third kappa shape index (κ3) is 3.54. The van der Waals surface area contributed by atoms with Gasteiger partial charge in [0.2, 0.25) is 0 Å². The van der Waals surface area contributed by atoms with Crippen LogP contribution in [0.4, 0.5) is 0 Å². The summed E-state index contributed by atoms with van der Waals surface area (Å²) < 4.78 is 5.79. The first-order valence-electron chi connectivity index (χ1n) is 5.96. The van der Waals surface area contributed by atoms with Crippen molar-refractivity contribution in [2.75, 3.05) is 25.4 Å². The summed E-state index contributed by atoms with van der Waals surface area (Å²) in [6.45, 7) is 4.16. The van der Waals surface area contributed by atoms with Crippen molar-refractivity contribution >= 4 is 11.8 Å². The maximum Gasteiger partial charge on any atom is 0.118 e. The van der Waals surface area contributed by atoms with Crippen LogP contribution in [0.15, 0.2) is 16.5 Å². The zero-order chi connectivity index (χ0) is 11.2. The van der Waals surface area contributed by atoms with Crippen molar-refractivity contribution in [2.45, 2.75) is 25.1 Å². The molecule has 0 atom stereocenters. The number of nitrogens with zero attached hydrogens (tertiary/aromatic N) is 1. The van der Waals surface area contributed by atoms with Crippen LogP contribution in [0.5, 0.6) is 0 Å². The van der Waals surface area contributed by atoms with Crippen LogP contribution in [0.3, 0.4) is 0 Å². The Hall–Kier alpha value is -0.450. The highest BCUT2D eigenvalue weighted by molar-refractivity contribution is 7.98. The van der Waals surface area contributed by atoms with Gasteiger partial charge in [0, 0.05) is 12.3 Å². The molecule has 3 nitrogen and oxygen atoms in total. The van der Waals surface area contributed by atoms with Crippen molar-refractivity contribution in [2.24, 2.45) is 5.73 Å². The van der Waals surface area contributed by atoms with Gasteiger partial charge in [-0.3, -0.25) is 4.90 Å². The van der Waals surface area contributed by atoms with E-state index in [-0.39, 0.29) is 0 Å². The summed E-state index contributed by atoms with van der Waals surface area (Å²) in [5, 5.41) is 0. The highest BCUT2D eigenvalue weighted by atomic mass is 32.2. The molecule has 4 heteroatoms. The fourth-order valence-electron chi connectivity index (χ4n) is 2.00. The van der Waals surface area contributed by atoms with Gasteiger partial charge in [-0.1, -0.05) is 0 Å². The van der Waals surface area contributed by atoms with Gasteiger partial charge in [0.1, 0.15) is 11.5 Å². The van der Waals surface area contributed by atoms with E-state index >= 15 is 0 Å². The van der Waals surface area contributed by atoms with Gasteiger partial charge in [-0.2, -0.15) is 11.8 Å². The molecule has 16 heavy (non-hydrogen) atoms. The lowest BCUT2D eigenvalue weighted by Crippen LogP contribution is -2.17. The van der Waals surface area contributed by atoms with Crippen molar-refractivity contribution in [3.8, 4) is 0 Å². The fourth-order valence-corrected chi connectivity index (χ4v) is 2.67. The summed E-state index contributed by atoms with van der Waals surface area (Å²) in [5.41, 5.74) is 5.45. The Morgan fingerprint density at radius 1 is 1.25 bits per heavy atom. The predicted molar refractivity (Wildman–Crippen MR) is 68.4 cm³/mol. The largest absolute Gasteiger partial charge is 0.464 e. The predicted octanol–water partition coefficient (Wildman–Crippen LogP) is 2.07. The van der Waals surface area contributed by atoms with Crippen molar-refractivity contribution in [3.05, 3.63) is 23.7 Å². The molecule has 0 saturated carbocycles. The molecule has 1 aliphatic heterocycles. The molecule has 90 valence electrons. The van der Waals surface area contributed by atoms with Gasteiger partial charge in [0.25, 0.3) is 0 Å². The summed E-state index contributed by atoms with van der Waals surface area (Å²) in [5.74, 6) is 4.12. The van der Waals surface area contributed by atoms with Gasteiger partial charge in [-0.25, -0.2) is 0 Å². The minimum atomic E-state index is 0.742. The Bertz CT molecular complexity index is 308. The van der Waals surface area contributed by atoms with Gasteiger partial charge >= 0.3 is 0 Å². The van der Waals surface area contributed by atoms with Crippen LogP contribution in [0.1, 0.15) is 24.4 Å². The SMILES string of the molecule is NCCSCc1ccc(CN2CCCC2)o1. The first-order valence-corrected chi connectivity index (χ1v) is 7.12. The lowest BCUT2D eigenvalue weighted by atomic mass is 10.4. The minimum absolute atomic E-state index is 0.742. The molecule has 1 aromatic rings. The molecule has 1 aliphatic rings. The summed E-state index contributed by atoms with van der Waals surface area (Å²) in [4.78, 5) is 2.45. The van der Waals surface area contributed by atoms with E-state index in [2.05, 4.69) is 17.0 Å². The quantitative estimate of drug-likeness (QED) is 0.773. The van der Waals surface area contributed by atoms with E-state index in [9.17, 15) is 0 Å². The molecule has 1 aromatic heterocycles. The molecular weight excluding hydrogens is 220 g/mol. The maximum absolute atomic E-state index is 5.79. The lowest BCUT2D eigenvalue weighted by molar-refractivity contribution is 0.294. The van der Waals surface area contributed by atoms with Gasteiger partial charge in [0.05, 0.1) is 12.3 Å². The molecule has 0 radical (unpaired) electrons. The van der Waals surface area contributed by atoms with Crippen LogP contribution in [-0.2, 0) is 12.3 Å². The molecule has 2 heterocycles. The van der Waals surface area contributed by atoms with E-state index in [0.717, 1.165) is 36.1 Å². The number of hydrogen-bond donors (Lipinski definition) is 1. The van der Waals surface area contributed by atoms with Crippen LogP contribution in [0, 0.1) is 0 Å². The molecule has 1 saturated heterocycles. The summed E-state index contributed by atoms with van der Waals surface area (Å²) in [7, 11) is 0. The van der Waals surface area contributed by atoms with Gasteiger partial charge in [-0.05, 0) is 38.1 Å². The Labute approximate surface area is 101 Å². The van der Waals surface area contributed by atoms with Crippen LogP contribution < -0.4 is 5.73 Å². The Kier molecular flexibility index (Phi) is 4.75. The first-order chi connectivity index (χ1) is 7.88. The Morgan fingerprint density at radius 3 is 2.75 bits per heavy atom. The number of rotatable bonds is 6. The van der Waals surface area contributed by atoms with Gasteiger partial charge in [0.15, 0.2) is 0 Å². The Morgan fingerprint density at radius 2 is 2.00 bits per heavy atom. The smallest absolute Gasteiger partial charge is 0.118 e. The number of hydrogen-bond acceptors (Lipinski definition) is 4. The maximum atomic E-state index is 5.79. The molecule has 0 spiro atoms. The third-order valence-electron chi connectivity index (χ3n) is 2.80. The Balaban J connectivity index is 1.77. The topological polar surface area (TPSA) is 42.4 Å². The van der Waals surface area contributed by atoms with Crippen molar-refractivity contribution in [3.63, 3.8) is 0 Å². The van der Waals surface area contributed by atoms with E-state index in [0.29, 0.717) is 0 Å². The van der Waals surface area contributed by atoms with Crippen LogP contribution in [0.2, 0.25) is 0 Å². The van der Waals surface area contributed by atoms with Crippen molar-refractivity contribution < 1.29 is 4.42 Å². The monoisotopic (exact) mass is 240 g/mol. The standard InChI is InChI=1S/C12H20N2OS/c13-5-8-16-10-12-4-3-11(15-12)9-14-6-1-2-7-14/h3-4H,1-2,5-10,13H2. The number of thioether (sulfide) groups is 1. The molecule has 2 rings (SSSR count). The fraction of sp³-hybridized carbons (Fsp3) is 0.667. The van der Waals surface area contributed by atoms with Crippen molar-refractivity contribution in [1.82, 2.24) is 4.90 Å².